The minimum atomic E-state index is 0.124. The van der Waals surface area contributed by atoms with Crippen molar-refractivity contribution >= 4 is 16.8 Å². The number of piperazine rings is 1. The Labute approximate surface area is 147 Å². The maximum Gasteiger partial charge on any atom is 0.253 e. The van der Waals surface area contributed by atoms with Gasteiger partial charge in [-0.3, -0.25) is 14.7 Å². The quantitative estimate of drug-likeness (QED) is 0.843. The summed E-state index contributed by atoms with van der Waals surface area (Å²) in [6.45, 7) is 4.16. The first-order valence-corrected chi connectivity index (χ1v) is 9.27. The van der Waals surface area contributed by atoms with E-state index in [0.717, 1.165) is 55.2 Å². The fourth-order valence-corrected chi connectivity index (χ4v) is 4.34. The van der Waals surface area contributed by atoms with Crippen LogP contribution in [0.25, 0.3) is 10.9 Å². The summed E-state index contributed by atoms with van der Waals surface area (Å²) in [5.74, 6) is 0.942. The molecule has 0 bridgehead atoms. The number of nitrogens with zero attached hydrogens (tertiary/aromatic N) is 3. The van der Waals surface area contributed by atoms with Crippen molar-refractivity contribution in [2.75, 3.05) is 32.8 Å². The molecule has 2 aliphatic heterocycles. The van der Waals surface area contributed by atoms with E-state index in [-0.39, 0.29) is 5.91 Å². The van der Waals surface area contributed by atoms with E-state index in [9.17, 15) is 4.79 Å². The lowest BCUT2D eigenvalue weighted by atomic mass is 10.0. The Hall–Kier alpha value is -1.98. The van der Waals surface area contributed by atoms with Crippen molar-refractivity contribution in [1.29, 1.82) is 0 Å². The Bertz CT molecular complexity index is 804. The summed E-state index contributed by atoms with van der Waals surface area (Å²) in [5, 5.41) is 1.02. The molecule has 3 aliphatic rings. The molecule has 2 saturated heterocycles. The summed E-state index contributed by atoms with van der Waals surface area (Å²) < 4.78 is 5.86. The first-order chi connectivity index (χ1) is 12.3. The SMILES string of the molecule is O=C(c1ccc2ncccc2c1)N1CCN2[C@@H](COC[C@@H]2C2CC2)C1. The molecule has 2 atom stereocenters. The second kappa shape index (κ2) is 6.07. The van der Waals surface area contributed by atoms with E-state index in [1.165, 1.54) is 12.8 Å². The summed E-state index contributed by atoms with van der Waals surface area (Å²) in [6, 6.07) is 10.6. The first kappa shape index (κ1) is 15.3. The van der Waals surface area contributed by atoms with Gasteiger partial charge in [0.2, 0.25) is 0 Å². The van der Waals surface area contributed by atoms with Crippen LogP contribution in [-0.2, 0) is 4.74 Å². The second-order valence-corrected chi connectivity index (χ2v) is 7.50. The van der Waals surface area contributed by atoms with Crippen molar-refractivity contribution in [1.82, 2.24) is 14.8 Å². The van der Waals surface area contributed by atoms with Crippen LogP contribution in [-0.4, -0.2) is 65.6 Å². The van der Waals surface area contributed by atoms with Crippen LogP contribution in [0.4, 0.5) is 0 Å². The highest BCUT2D eigenvalue weighted by Crippen LogP contribution is 2.38. The molecule has 0 radical (unpaired) electrons. The fraction of sp³-hybridized carbons (Fsp3) is 0.500. The fourth-order valence-electron chi connectivity index (χ4n) is 4.34. The highest BCUT2D eigenvalue weighted by atomic mass is 16.5. The van der Waals surface area contributed by atoms with Gasteiger partial charge in [-0.05, 0) is 43.0 Å². The number of hydrogen-bond acceptors (Lipinski definition) is 4. The molecule has 130 valence electrons. The summed E-state index contributed by atoms with van der Waals surface area (Å²) in [7, 11) is 0. The number of carbonyl (C=O) groups excluding carboxylic acids is 1. The minimum absolute atomic E-state index is 0.124. The Morgan fingerprint density at radius 1 is 1.16 bits per heavy atom. The monoisotopic (exact) mass is 337 g/mol. The molecule has 5 heteroatoms. The van der Waals surface area contributed by atoms with Gasteiger partial charge < -0.3 is 9.64 Å². The van der Waals surface area contributed by atoms with Crippen molar-refractivity contribution in [3.63, 3.8) is 0 Å². The topological polar surface area (TPSA) is 45.7 Å². The van der Waals surface area contributed by atoms with Gasteiger partial charge in [0, 0.05) is 42.8 Å². The van der Waals surface area contributed by atoms with Crippen LogP contribution in [0, 0.1) is 5.92 Å². The van der Waals surface area contributed by atoms with Crippen LogP contribution in [0.15, 0.2) is 36.5 Å². The molecule has 25 heavy (non-hydrogen) atoms. The van der Waals surface area contributed by atoms with Crippen molar-refractivity contribution < 1.29 is 9.53 Å². The summed E-state index contributed by atoms with van der Waals surface area (Å²) in [4.78, 5) is 21.9. The van der Waals surface area contributed by atoms with Crippen molar-refractivity contribution in [2.24, 2.45) is 5.92 Å². The zero-order chi connectivity index (χ0) is 16.8. The van der Waals surface area contributed by atoms with Crippen LogP contribution < -0.4 is 0 Å². The number of carbonyl (C=O) groups is 1. The lowest BCUT2D eigenvalue weighted by Gasteiger charge is -2.48. The number of aromatic nitrogens is 1. The number of ether oxygens (including phenoxy) is 1. The molecule has 0 unspecified atom stereocenters. The van der Waals surface area contributed by atoms with Crippen molar-refractivity contribution in [3.05, 3.63) is 42.1 Å². The molecule has 0 spiro atoms. The van der Waals surface area contributed by atoms with Gasteiger partial charge in [-0.25, -0.2) is 0 Å². The Morgan fingerprint density at radius 3 is 2.96 bits per heavy atom. The highest BCUT2D eigenvalue weighted by Gasteiger charge is 2.43. The Morgan fingerprint density at radius 2 is 2.08 bits per heavy atom. The molecule has 5 rings (SSSR count). The lowest BCUT2D eigenvalue weighted by Crippen LogP contribution is -2.63. The smallest absolute Gasteiger partial charge is 0.253 e. The molecule has 3 heterocycles. The van der Waals surface area contributed by atoms with E-state index < -0.39 is 0 Å². The Kier molecular flexibility index (Phi) is 3.71. The van der Waals surface area contributed by atoms with Crippen LogP contribution in [0.5, 0.6) is 0 Å². The summed E-state index contributed by atoms with van der Waals surface area (Å²) >= 11 is 0. The second-order valence-electron chi connectivity index (χ2n) is 7.50. The van der Waals surface area contributed by atoms with Gasteiger partial charge in [-0.15, -0.1) is 0 Å². The number of morpholine rings is 1. The molecule has 0 N–H and O–H groups in total. The number of amides is 1. The molecular weight excluding hydrogens is 314 g/mol. The largest absolute Gasteiger partial charge is 0.378 e. The van der Waals surface area contributed by atoms with E-state index in [0.29, 0.717) is 12.1 Å². The third kappa shape index (κ3) is 2.81. The zero-order valence-corrected chi connectivity index (χ0v) is 14.3. The van der Waals surface area contributed by atoms with Gasteiger partial charge in [-0.1, -0.05) is 6.07 Å². The summed E-state index contributed by atoms with van der Waals surface area (Å²) in [5.41, 5.74) is 1.68. The molecule has 1 amide bonds. The number of rotatable bonds is 2. The van der Waals surface area contributed by atoms with Crippen LogP contribution >= 0.6 is 0 Å². The third-order valence-corrected chi connectivity index (χ3v) is 5.86. The number of pyridine rings is 1. The van der Waals surface area contributed by atoms with Gasteiger partial charge in [0.15, 0.2) is 0 Å². The zero-order valence-electron chi connectivity index (χ0n) is 14.3. The van der Waals surface area contributed by atoms with Crippen LogP contribution in [0.3, 0.4) is 0 Å². The normalized spacial score (nSPS) is 27.3. The first-order valence-electron chi connectivity index (χ1n) is 9.27. The Balaban J connectivity index is 1.34. The van der Waals surface area contributed by atoms with Gasteiger partial charge in [0.05, 0.1) is 24.8 Å². The predicted octanol–water partition coefficient (Wildman–Crippen LogP) is 2.17. The average Bonchev–Trinajstić information content (AvgIpc) is 3.51. The molecule has 1 saturated carbocycles. The molecule has 5 nitrogen and oxygen atoms in total. The van der Waals surface area contributed by atoms with Crippen LogP contribution in [0.1, 0.15) is 23.2 Å². The minimum Gasteiger partial charge on any atom is -0.378 e. The lowest BCUT2D eigenvalue weighted by molar-refractivity contribution is -0.0816. The van der Waals surface area contributed by atoms with Gasteiger partial charge in [0.25, 0.3) is 5.91 Å². The average molecular weight is 337 g/mol. The molecule has 3 fully saturated rings. The molecule has 2 aromatic rings. The van der Waals surface area contributed by atoms with E-state index in [4.69, 9.17) is 4.74 Å². The van der Waals surface area contributed by atoms with Crippen molar-refractivity contribution in [3.8, 4) is 0 Å². The standard InChI is InChI=1S/C20H23N3O2/c24-20(16-5-6-18-15(10-16)2-1-7-21-18)22-8-9-23-17(11-22)12-25-13-19(23)14-3-4-14/h1-2,5-7,10,14,17,19H,3-4,8-9,11-13H2/t17-,19-/m1/s1. The van der Waals surface area contributed by atoms with E-state index in [2.05, 4.69) is 9.88 Å². The maximum atomic E-state index is 13.0. The van der Waals surface area contributed by atoms with Gasteiger partial charge in [0.1, 0.15) is 0 Å². The van der Waals surface area contributed by atoms with E-state index >= 15 is 0 Å². The maximum absolute atomic E-state index is 13.0. The molecule has 1 aromatic heterocycles. The predicted molar refractivity (Wildman–Crippen MR) is 95.5 cm³/mol. The number of hydrogen-bond donors (Lipinski definition) is 0. The molecule has 1 aromatic carbocycles. The molecule has 1 aliphatic carbocycles. The third-order valence-electron chi connectivity index (χ3n) is 5.86. The molecular formula is C20H23N3O2. The van der Waals surface area contributed by atoms with E-state index in [1.54, 1.807) is 6.20 Å². The van der Waals surface area contributed by atoms with Gasteiger partial charge in [-0.2, -0.15) is 0 Å². The van der Waals surface area contributed by atoms with Gasteiger partial charge >= 0.3 is 0 Å². The van der Waals surface area contributed by atoms with Crippen LogP contribution in [0.2, 0.25) is 0 Å². The highest BCUT2D eigenvalue weighted by molar-refractivity contribution is 5.98. The number of fused-ring (bicyclic) bond motifs is 2. The van der Waals surface area contributed by atoms with E-state index in [1.807, 2.05) is 35.2 Å². The number of benzene rings is 1. The van der Waals surface area contributed by atoms with Crippen molar-refractivity contribution in [2.45, 2.75) is 24.9 Å². The summed E-state index contributed by atoms with van der Waals surface area (Å²) in [6.07, 6.45) is 4.46.